The highest BCUT2D eigenvalue weighted by atomic mass is 16.6. The lowest BCUT2D eigenvalue weighted by molar-refractivity contribution is -0.159. The van der Waals surface area contributed by atoms with Crippen molar-refractivity contribution in [2.24, 2.45) is 5.84 Å². The number of amides is 1. The molecule has 9 nitrogen and oxygen atoms in total. The third-order valence-electron chi connectivity index (χ3n) is 1.57. The molecule has 0 aromatic carbocycles. The number of ether oxygens (including phenoxy) is 1. The van der Waals surface area contributed by atoms with Gasteiger partial charge < -0.3 is 20.3 Å². The molecule has 0 aliphatic rings. The van der Waals surface area contributed by atoms with E-state index in [1.807, 2.05) is 34.6 Å². The van der Waals surface area contributed by atoms with Gasteiger partial charge in [0, 0.05) is 6.54 Å². The highest BCUT2D eigenvalue weighted by Gasteiger charge is 2.23. The molecule has 0 bridgehead atoms. The summed E-state index contributed by atoms with van der Waals surface area (Å²) in [7, 11) is 0. The minimum Gasteiger partial charge on any atom is -0.473 e. The Bertz CT molecular complexity index is 337. The molecule has 118 valence electrons. The predicted molar refractivity (Wildman–Crippen MR) is 70.9 cm³/mol. The number of hydrogen-bond donors (Lipinski definition) is 5. The largest absolute Gasteiger partial charge is 0.473 e. The summed E-state index contributed by atoms with van der Waals surface area (Å²) in [5.41, 5.74) is 1.61. The Morgan fingerprint density at radius 2 is 1.45 bits per heavy atom. The van der Waals surface area contributed by atoms with Crippen LogP contribution in [0.15, 0.2) is 0 Å². The van der Waals surface area contributed by atoms with E-state index in [1.54, 1.807) is 0 Å². The van der Waals surface area contributed by atoms with Gasteiger partial charge in [-0.25, -0.2) is 14.4 Å². The van der Waals surface area contributed by atoms with E-state index in [2.05, 4.69) is 10.7 Å². The van der Waals surface area contributed by atoms with Gasteiger partial charge in [0.15, 0.2) is 0 Å². The number of alkyl carbamates (subject to hydrolysis) is 1. The smallest absolute Gasteiger partial charge is 0.414 e. The number of hydrazine groups is 1. The van der Waals surface area contributed by atoms with Gasteiger partial charge in [0.1, 0.15) is 5.60 Å². The Morgan fingerprint density at radius 3 is 1.70 bits per heavy atom. The van der Waals surface area contributed by atoms with Crippen LogP contribution in [0.2, 0.25) is 0 Å². The molecular formula is C11H23N3O6. The summed E-state index contributed by atoms with van der Waals surface area (Å²) in [6.07, 6.45) is -0.433. The number of aliphatic carboxylic acids is 2. The first-order valence-corrected chi connectivity index (χ1v) is 5.71. The van der Waals surface area contributed by atoms with Crippen molar-refractivity contribution in [1.82, 2.24) is 10.7 Å². The fraction of sp³-hybridized carbons (Fsp3) is 0.727. The summed E-state index contributed by atoms with van der Waals surface area (Å²) in [5, 5.41) is 17.5. The Hall–Kier alpha value is -1.87. The number of rotatable bonds is 3. The first-order chi connectivity index (χ1) is 8.80. The third kappa shape index (κ3) is 14.2. The number of nitrogens with one attached hydrogen (secondary N) is 2. The van der Waals surface area contributed by atoms with Gasteiger partial charge in [-0.2, -0.15) is 0 Å². The van der Waals surface area contributed by atoms with E-state index in [9.17, 15) is 4.79 Å². The maximum atomic E-state index is 11.3. The number of carboxylic acid groups (broad SMARTS) is 2. The molecular weight excluding hydrogens is 270 g/mol. The number of hydrogen-bond acceptors (Lipinski definition) is 6. The van der Waals surface area contributed by atoms with E-state index < -0.39 is 29.2 Å². The molecule has 0 unspecified atom stereocenters. The summed E-state index contributed by atoms with van der Waals surface area (Å²) in [6.45, 7) is 9.65. The van der Waals surface area contributed by atoms with Crippen molar-refractivity contribution in [1.29, 1.82) is 0 Å². The minimum atomic E-state index is -1.82. The van der Waals surface area contributed by atoms with Gasteiger partial charge in [-0.15, -0.1) is 0 Å². The van der Waals surface area contributed by atoms with Crippen LogP contribution in [0, 0.1) is 0 Å². The lowest BCUT2D eigenvalue weighted by Gasteiger charge is -2.28. The van der Waals surface area contributed by atoms with Gasteiger partial charge >= 0.3 is 18.0 Å². The molecule has 1 amide bonds. The molecule has 0 aromatic rings. The second-order valence-corrected chi connectivity index (χ2v) is 5.50. The SMILES string of the molecule is CC(C)(CNN)NC(=O)OC(C)(C)C.O=C(O)C(=O)O. The fourth-order valence-electron chi connectivity index (χ4n) is 0.879. The average Bonchev–Trinajstić information content (AvgIpc) is 2.12. The molecule has 0 saturated heterocycles. The van der Waals surface area contributed by atoms with Crippen LogP contribution in [0.1, 0.15) is 34.6 Å². The summed E-state index contributed by atoms with van der Waals surface area (Å²) in [4.78, 5) is 29.5. The van der Waals surface area contributed by atoms with Crippen molar-refractivity contribution in [3.8, 4) is 0 Å². The molecule has 0 atom stereocenters. The van der Waals surface area contributed by atoms with Gasteiger partial charge in [0.25, 0.3) is 0 Å². The first-order valence-electron chi connectivity index (χ1n) is 5.71. The van der Waals surface area contributed by atoms with Crippen molar-refractivity contribution < 1.29 is 29.3 Å². The van der Waals surface area contributed by atoms with Gasteiger partial charge in [-0.3, -0.25) is 11.3 Å². The molecule has 0 fully saturated rings. The average molecular weight is 293 g/mol. The van der Waals surface area contributed by atoms with Crippen molar-refractivity contribution >= 4 is 18.0 Å². The summed E-state index contributed by atoms with van der Waals surface area (Å²) < 4.78 is 5.10. The zero-order valence-corrected chi connectivity index (χ0v) is 12.3. The molecule has 0 aromatic heterocycles. The van der Waals surface area contributed by atoms with Crippen LogP contribution < -0.4 is 16.6 Å². The second-order valence-electron chi connectivity index (χ2n) is 5.50. The van der Waals surface area contributed by atoms with E-state index >= 15 is 0 Å². The standard InChI is InChI=1S/C9H21N3O2.C2H2O4/c1-8(2,3)14-7(13)12-9(4,5)6-11-10;3-1(4)2(5)6/h11H,6,10H2,1-5H3,(H,12,13);(H,3,4)(H,5,6). The zero-order chi connectivity index (χ0) is 16.6. The Balaban J connectivity index is 0. The van der Waals surface area contributed by atoms with Crippen LogP contribution in [0.5, 0.6) is 0 Å². The molecule has 0 heterocycles. The highest BCUT2D eigenvalue weighted by Crippen LogP contribution is 2.08. The predicted octanol–water partition coefficient (Wildman–Crippen LogP) is -0.0914. The molecule has 0 spiro atoms. The lowest BCUT2D eigenvalue weighted by Crippen LogP contribution is -2.52. The molecule has 0 saturated carbocycles. The molecule has 6 N–H and O–H groups in total. The van der Waals surface area contributed by atoms with Crippen LogP contribution in [-0.4, -0.2) is 45.9 Å². The minimum absolute atomic E-state index is 0.420. The van der Waals surface area contributed by atoms with Gasteiger partial charge in [0.05, 0.1) is 5.54 Å². The molecule has 0 radical (unpaired) electrons. The summed E-state index contributed by atoms with van der Waals surface area (Å²) in [6, 6.07) is 0. The molecule has 20 heavy (non-hydrogen) atoms. The van der Waals surface area contributed by atoms with Crippen LogP contribution in [-0.2, 0) is 14.3 Å². The monoisotopic (exact) mass is 293 g/mol. The Labute approximate surface area is 117 Å². The normalized spacial score (nSPS) is 10.9. The maximum Gasteiger partial charge on any atom is 0.414 e. The van der Waals surface area contributed by atoms with E-state index in [4.69, 9.17) is 30.4 Å². The van der Waals surface area contributed by atoms with Crippen molar-refractivity contribution in [3.05, 3.63) is 0 Å². The Kier molecular flexibility index (Phi) is 8.52. The van der Waals surface area contributed by atoms with Crippen molar-refractivity contribution in [2.45, 2.75) is 45.8 Å². The zero-order valence-electron chi connectivity index (χ0n) is 12.3. The number of carbonyl (C=O) groups excluding carboxylic acids is 1. The van der Waals surface area contributed by atoms with Gasteiger partial charge in [-0.05, 0) is 34.6 Å². The topological polar surface area (TPSA) is 151 Å². The number of carbonyl (C=O) groups is 3. The molecule has 0 rings (SSSR count). The third-order valence-corrected chi connectivity index (χ3v) is 1.57. The quantitative estimate of drug-likeness (QED) is 0.275. The van der Waals surface area contributed by atoms with Crippen LogP contribution in [0.3, 0.4) is 0 Å². The summed E-state index contributed by atoms with van der Waals surface area (Å²) >= 11 is 0. The first kappa shape index (κ1) is 20.4. The van der Waals surface area contributed by atoms with E-state index in [0.29, 0.717) is 6.54 Å². The van der Waals surface area contributed by atoms with Crippen molar-refractivity contribution in [3.63, 3.8) is 0 Å². The van der Waals surface area contributed by atoms with Gasteiger partial charge in [0.2, 0.25) is 0 Å². The second kappa shape index (κ2) is 8.33. The van der Waals surface area contributed by atoms with Crippen molar-refractivity contribution in [2.75, 3.05) is 6.54 Å². The Morgan fingerprint density at radius 1 is 1.05 bits per heavy atom. The maximum absolute atomic E-state index is 11.3. The van der Waals surface area contributed by atoms with E-state index in [0.717, 1.165) is 0 Å². The van der Waals surface area contributed by atoms with E-state index in [1.165, 1.54) is 0 Å². The fourth-order valence-corrected chi connectivity index (χ4v) is 0.879. The van der Waals surface area contributed by atoms with E-state index in [-0.39, 0.29) is 0 Å². The van der Waals surface area contributed by atoms with Crippen LogP contribution in [0.25, 0.3) is 0 Å². The molecule has 0 aliphatic carbocycles. The molecule has 9 heteroatoms. The summed E-state index contributed by atoms with van der Waals surface area (Å²) in [5.74, 6) is 1.53. The number of nitrogens with two attached hydrogens (primary N) is 1. The molecule has 0 aliphatic heterocycles. The lowest BCUT2D eigenvalue weighted by atomic mass is 10.1. The highest BCUT2D eigenvalue weighted by molar-refractivity contribution is 6.27. The number of carboxylic acids is 2. The van der Waals surface area contributed by atoms with Gasteiger partial charge in [-0.1, -0.05) is 0 Å². The van der Waals surface area contributed by atoms with Crippen LogP contribution in [0.4, 0.5) is 4.79 Å². The van der Waals surface area contributed by atoms with Crippen LogP contribution >= 0.6 is 0 Å².